The number of primary amides is 1. The Kier molecular flexibility index (Phi) is 13.8. The molecule has 25 heteroatoms. The van der Waals surface area contributed by atoms with Crippen molar-refractivity contribution in [3.05, 3.63) is 98.1 Å². The molecule has 3 aromatic heterocycles. The van der Waals surface area contributed by atoms with Gasteiger partial charge in [-0.15, -0.1) is 0 Å². The number of amides is 6. The fraction of sp³-hybridized carbons (Fsp3) is 0.426. The van der Waals surface area contributed by atoms with Crippen molar-refractivity contribution in [1.82, 2.24) is 30.1 Å². The zero-order valence-corrected chi connectivity index (χ0v) is 39.2. The van der Waals surface area contributed by atoms with Crippen LogP contribution in [0.25, 0.3) is 0 Å². The van der Waals surface area contributed by atoms with E-state index in [1.807, 2.05) is 0 Å². The number of hydrogen-bond acceptors (Lipinski definition) is 9. The standard InChI is InChI=1S/C24H25F4N5O4.C23H22F4N4O4/c1-11-15(19(34)21(36)32-23(22(37)29-3)9-24(27,28)10-23)14-5-4-8-33(14)18(11)20(35)31-13-6-7-30-17(12(2)25)16(13)26;1-10-13(24)6-12(7-14(10)25)29-19(33)17-11(2)16(15-4-3-5-31(15)17)18(32)20(34)30-22(21(28)35)8-23(26,27)9-22/h6-7,12H,4-5,8-10H2,1-3H3,(H,29,37)(H,32,36)(H,30,31,35);6-7H,3-5,8-9H2,1-2H3,(H2,28,35)(H,29,33)(H,30,34). The van der Waals surface area contributed by atoms with Gasteiger partial charge >= 0.3 is 0 Å². The molecule has 0 bridgehead atoms. The van der Waals surface area contributed by atoms with E-state index in [2.05, 4.69) is 31.6 Å². The van der Waals surface area contributed by atoms with Crippen LogP contribution in [0.15, 0.2) is 24.4 Å². The number of fused-ring (bicyclic) bond motifs is 2. The number of nitrogens with two attached hydrogens (primary N) is 1. The van der Waals surface area contributed by atoms with E-state index >= 15 is 0 Å². The number of alkyl halides is 5. The largest absolute Gasteiger partial charge is 0.368 e. The molecule has 1 aromatic carbocycles. The highest BCUT2D eigenvalue weighted by Gasteiger charge is 2.63. The Morgan fingerprint density at radius 2 is 1.14 bits per heavy atom. The number of halogens is 8. The fourth-order valence-corrected chi connectivity index (χ4v) is 9.86. The van der Waals surface area contributed by atoms with Gasteiger partial charge < -0.3 is 41.5 Å². The summed E-state index contributed by atoms with van der Waals surface area (Å²) < 4.78 is 113. The molecule has 1 unspecified atom stereocenters. The molecule has 2 aliphatic carbocycles. The Morgan fingerprint density at radius 3 is 1.57 bits per heavy atom. The van der Waals surface area contributed by atoms with Gasteiger partial charge in [0.25, 0.3) is 47.0 Å². The molecule has 0 spiro atoms. The number of carbonyl (C=O) groups excluding carboxylic acids is 8. The van der Waals surface area contributed by atoms with Crippen LogP contribution in [0.1, 0.15) is 127 Å². The van der Waals surface area contributed by atoms with Gasteiger partial charge in [-0.25, -0.2) is 35.1 Å². The number of nitrogens with one attached hydrogen (secondary N) is 5. The van der Waals surface area contributed by atoms with Crippen molar-refractivity contribution in [2.24, 2.45) is 5.73 Å². The number of aromatic nitrogens is 3. The first-order chi connectivity index (χ1) is 33.6. The normalized spacial score (nSPS) is 17.6. The maximum Gasteiger partial charge on any atom is 0.293 e. The molecular formula is C47H47F8N9O8. The molecule has 2 aliphatic heterocycles. The highest BCUT2D eigenvalue weighted by Crippen LogP contribution is 2.47. The Morgan fingerprint density at radius 1 is 0.694 bits per heavy atom. The SMILES string of the molecule is CNC(=O)C1(NC(=O)C(=O)c2c(C)c(C(=O)Nc3ccnc(C(C)F)c3F)n3c2CCC3)CC(F)(F)C1.Cc1c(F)cc(NC(=O)c2c(C)c(C(=O)C(=O)NC3(C(N)=O)CC(F)(F)C3)c3n2CCC3)cc1F. The molecule has 0 saturated heterocycles. The lowest BCUT2D eigenvalue weighted by Gasteiger charge is -2.45. The van der Waals surface area contributed by atoms with Crippen LogP contribution >= 0.6 is 0 Å². The second kappa shape index (κ2) is 18.9. The number of nitrogens with zero attached hydrogens (tertiary/aromatic N) is 3. The summed E-state index contributed by atoms with van der Waals surface area (Å²) in [5.74, 6) is -17.4. The summed E-state index contributed by atoms with van der Waals surface area (Å²) >= 11 is 0. The van der Waals surface area contributed by atoms with Crippen molar-refractivity contribution in [2.45, 2.75) is 121 Å². The minimum atomic E-state index is -3.20. The number of rotatable bonds is 13. The first-order valence-electron chi connectivity index (χ1n) is 22.4. The zero-order valence-electron chi connectivity index (χ0n) is 39.2. The van der Waals surface area contributed by atoms with Gasteiger partial charge in [-0.05, 0) is 82.7 Å². The van der Waals surface area contributed by atoms with E-state index < -0.39 is 125 Å². The number of anilines is 2. The maximum atomic E-state index is 14.6. The number of carbonyl (C=O) groups is 8. The van der Waals surface area contributed by atoms with Crippen LogP contribution in [0.2, 0.25) is 0 Å². The molecule has 8 rings (SSSR count). The number of Topliss-reactive ketones (excluding diaryl/α,β-unsaturated/α-hetero) is 2. The monoisotopic (exact) mass is 1020 g/mol. The molecule has 4 aliphatic rings. The number of benzene rings is 1. The van der Waals surface area contributed by atoms with Gasteiger partial charge in [0.1, 0.15) is 46.0 Å². The van der Waals surface area contributed by atoms with Crippen molar-refractivity contribution in [3.63, 3.8) is 0 Å². The Balaban J connectivity index is 0.000000212. The molecule has 0 radical (unpaired) electrons. The summed E-state index contributed by atoms with van der Waals surface area (Å²) in [6, 6.07) is 3.07. The third kappa shape index (κ3) is 9.42. The lowest BCUT2D eigenvalue weighted by atomic mass is 9.72. The van der Waals surface area contributed by atoms with E-state index in [9.17, 15) is 73.5 Å². The highest BCUT2D eigenvalue weighted by molar-refractivity contribution is 6.45. The fourth-order valence-electron chi connectivity index (χ4n) is 9.86. The minimum absolute atomic E-state index is 0.00546. The molecule has 384 valence electrons. The summed E-state index contributed by atoms with van der Waals surface area (Å²) in [7, 11) is 1.23. The van der Waals surface area contributed by atoms with E-state index in [-0.39, 0.29) is 50.6 Å². The first-order valence-corrected chi connectivity index (χ1v) is 22.4. The lowest BCUT2D eigenvalue weighted by molar-refractivity contribution is -0.164. The van der Waals surface area contributed by atoms with Gasteiger partial charge in [0.15, 0.2) is 5.82 Å². The van der Waals surface area contributed by atoms with Gasteiger partial charge in [0, 0.05) is 74.7 Å². The van der Waals surface area contributed by atoms with Crippen LogP contribution in [-0.2, 0) is 45.1 Å². The van der Waals surface area contributed by atoms with Crippen LogP contribution in [0.4, 0.5) is 46.5 Å². The smallest absolute Gasteiger partial charge is 0.293 e. The van der Waals surface area contributed by atoms with E-state index in [1.165, 1.54) is 37.0 Å². The maximum absolute atomic E-state index is 14.6. The van der Waals surface area contributed by atoms with Crippen LogP contribution in [0.5, 0.6) is 0 Å². The van der Waals surface area contributed by atoms with Gasteiger partial charge in [0.05, 0.1) is 16.8 Å². The summed E-state index contributed by atoms with van der Waals surface area (Å²) in [5, 5.41) is 11.2. The van der Waals surface area contributed by atoms with Crippen LogP contribution in [-0.4, -0.2) is 91.1 Å². The Bertz CT molecular complexity index is 2980. The summed E-state index contributed by atoms with van der Waals surface area (Å²) in [4.78, 5) is 106. The molecule has 6 amide bonds. The predicted octanol–water partition coefficient (Wildman–Crippen LogP) is 5.31. The quantitative estimate of drug-likeness (QED) is 0.0577. The van der Waals surface area contributed by atoms with E-state index in [4.69, 9.17) is 5.73 Å². The van der Waals surface area contributed by atoms with Gasteiger partial charge in [-0.2, -0.15) is 0 Å². The molecule has 2 fully saturated rings. The zero-order chi connectivity index (χ0) is 53.2. The van der Waals surface area contributed by atoms with E-state index in [0.717, 1.165) is 31.3 Å². The van der Waals surface area contributed by atoms with Crippen molar-refractivity contribution in [2.75, 3.05) is 17.7 Å². The third-order valence-corrected chi connectivity index (χ3v) is 13.3. The molecule has 2 saturated carbocycles. The van der Waals surface area contributed by atoms with Gasteiger partial charge in [-0.1, -0.05) is 0 Å². The lowest BCUT2D eigenvalue weighted by Crippen LogP contribution is -2.69. The van der Waals surface area contributed by atoms with Gasteiger partial charge in [0.2, 0.25) is 11.8 Å². The summed E-state index contributed by atoms with van der Waals surface area (Å²) in [6.45, 7) is 5.90. The molecule has 1 atom stereocenters. The average molecular weight is 1020 g/mol. The average Bonchev–Trinajstić information content (AvgIpc) is 4.05. The number of ketones is 2. The van der Waals surface area contributed by atoms with Crippen LogP contribution < -0.4 is 32.3 Å². The topological polar surface area (TPSA) is 245 Å². The molecule has 72 heavy (non-hydrogen) atoms. The molecule has 4 aromatic rings. The number of likely N-dealkylation sites (N-methyl/N-ethyl adjacent to an activating group) is 1. The first kappa shape index (κ1) is 52.4. The number of hydrogen-bond donors (Lipinski definition) is 6. The highest BCUT2D eigenvalue weighted by atomic mass is 19.3. The second-order valence-corrected chi connectivity index (χ2v) is 18.3. The van der Waals surface area contributed by atoms with Crippen molar-refractivity contribution >= 4 is 58.4 Å². The minimum Gasteiger partial charge on any atom is -0.368 e. The van der Waals surface area contributed by atoms with Crippen molar-refractivity contribution < 1.29 is 73.5 Å². The van der Waals surface area contributed by atoms with Crippen molar-refractivity contribution in [3.8, 4) is 0 Å². The molecule has 7 N–H and O–H groups in total. The third-order valence-electron chi connectivity index (χ3n) is 13.3. The second-order valence-electron chi connectivity index (χ2n) is 18.3. The van der Waals surface area contributed by atoms with E-state index in [0.29, 0.717) is 50.2 Å². The molecular weight excluding hydrogens is 971 g/mol. The van der Waals surface area contributed by atoms with Crippen LogP contribution in [0.3, 0.4) is 0 Å². The molecule has 5 heterocycles. The van der Waals surface area contributed by atoms with E-state index in [1.54, 1.807) is 0 Å². The predicted molar refractivity (Wildman–Crippen MR) is 238 cm³/mol. The molecule has 17 nitrogen and oxygen atoms in total. The van der Waals surface area contributed by atoms with Crippen LogP contribution in [0, 0.1) is 38.2 Å². The Hall–Kier alpha value is -7.47. The summed E-state index contributed by atoms with van der Waals surface area (Å²) in [5.41, 5.74) is 1.03. The number of pyridine rings is 1. The Labute approximate surface area is 404 Å². The van der Waals surface area contributed by atoms with Gasteiger partial charge in [-0.3, -0.25) is 43.3 Å². The van der Waals surface area contributed by atoms with Crippen molar-refractivity contribution in [1.29, 1.82) is 0 Å². The summed E-state index contributed by atoms with van der Waals surface area (Å²) in [6.07, 6.45) is -2.67.